The maximum absolute atomic E-state index is 11.0. The molecule has 1 rings (SSSR count). The van der Waals surface area contributed by atoms with Gasteiger partial charge in [0.05, 0.1) is 5.60 Å². The fourth-order valence-corrected chi connectivity index (χ4v) is 2.16. The maximum Gasteiger partial charge on any atom is 0.137 e. The molecule has 17 heavy (non-hydrogen) atoms. The molecule has 1 aliphatic heterocycles. The van der Waals surface area contributed by atoms with E-state index in [0.29, 0.717) is 25.8 Å². The molecule has 1 aliphatic rings. The van der Waals surface area contributed by atoms with Gasteiger partial charge in [-0.3, -0.25) is 0 Å². The number of carbonyl (C=O) groups excluding carboxylic acids is 1. The lowest BCUT2D eigenvalue weighted by molar-refractivity contribution is -0.271. The van der Waals surface area contributed by atoms with Crippen LogP contribution in [-0.4, -0.2) is 46.9 Å². The van der Waals surface area contributed by atoms with Crippen molar-refractivity contribution in [1.29, 1.82) is 0 Å². The Morgan fingerprint density at radius 2 is 1.94 bits per heavy atom. The number of hydrogen-bond acceptors (Lipinski definition) is 4. The molecule has 0 saturated carbocycles. The van der Waals surface area contributed by atoms with Crippen LogP contribution in [0.1, 0.15) is 40.0 Å². The van der Waals surface area contributed by atoms with Crippen LogP contribution in [0.15, 0.2) is 0 Å². The van der Waals surface area contributed by atoms with Gasteiger partial charge in [-0.25, -0.2) is 0 Å². The molecule has 0 atom stereocenters. The van der Waals surface area contributed by atoms with Crippen LogP contribution in [0.5, 0.6) is 0 Å². The van der Waals surface area contributed by atoms with E-state index in [4.69, 9.17) is 0 Å². The first-order valence-corrected chi connectivity index (χ1v) is 6.16. The molecule has 0 radical (unpaired) electrons. The molecule has 5 nitrogen and oxygen atoms in total. The van der Waals surface area contributed by atoms with Crippen molar-refractivity contribution in [3.05, 3.63) is 0 Å². The number of carboxylic acid groups (broad SMARTS) is 1. The van der Waals surface area contributed by atoms with Crippen LogP contribution in [-0.2, 0) is 0 Å². The third kappa shape index (κ3) is 4.16. The second-order valence-electron chi connectivity index (χ2n) is 5.81. The number of aliphatic hydroxyl groups is 1. The van der Waals surface area contributed by atoms with Crippen LogP contribution in [0.25, 0.3) is 0 Å². The van der Waals surface area contributed by atoms with Crippen molar-refractivity contribution < 1.29 is 15.0 Å². The van der Waals surface area contributed by atoms with Gasteiger partial charge in [-0.1, -0.05) is 0 Å². The molecule has 0 aliphatic carbocycles. The summed E-state index contributed by atoms with van der Waals surface area (Å²) in [7, 11) is 0. The highest BCUT2D eigenvalue weighted by atomic mass is 16.4. The summed E-state index contributed by atoms with van der Waals surface area (Å²) < 4.78 is 0. The molecule has 0 spiro atoms. The molecule has 100 valence electrons. The molecule has 0 unspecified atom stereocenters. The van der Waals surface area contributed by atoms with Crippen LogP contribution < -0.4 is 10.4 Å². The Labute approximate surface area is 103 Å². The van der Waals surface area contributed by atoms with E-state index in [0.717, 1.165) is 13.1 Å². The lowest BCUT2D eigenvalue weighted by Crippen LogP contribution is -2.54. The first kappa shape index (κ1) is 14.3. The minimum atomic E-state index is -1.17. The molecule has 1 heterocycles. The second kappa shape index (κ2) is 5.23. The molecular formula is C12H23N2O3-. The van der Waals surface area contributed by atoms with E-state index in [9.17, 15) is 15.0 Å². The molecule has 1 amide bonds. The average Bonchev–Trinajstić information content (AvgIpc) is 2.15. The number of nitrogens with one attached hydrogen (secondary N) is 1. The van der Waals surface area contributed by atoms with Gasteiger partial charge < -0.3 is 25.2 Å². The Morgan fingerprint density at radius 1 is 1.41 bits per heavy atom. The third-order valence-electron chi connectivity index (χ3n) is 3.37. The monoisotopic (exact) mass is 243 g/mol. The van der Waals surface area contributed by atoms with Gasteiger partial charge in [-0.05, 0) is 53.1 Å². The summed E-state index contributed by atoms with van der Waals surface area (Å²) in [6.07, 6.45) is 0.658. The van der Waals surface area contributed by atoms with Crippen LogP contribution >= 0.6 is 0 Å². The highest BCUT2D eigenvalue weighted by Gasteiger charge is 2.31. The van der Waals surface area contributed by atoms with Gasteiger partial charge in [0.15, 0.2) is 0 Å². The van der Waals surface area contributed by atoms with E-state index in [1.807, 2.05) is 20.8 Å². The summed E-state index contributed by atoms with van der Waals surface area (Å²) >= 11 is 0. The third-order valence-corrected chi connectivity index (χ3v) is 3.37. The Hall–Kier alpha value is -0.810. The van der Waals surface area contributed by atoms with Crippen molar-refractivity contribution in [3.8, 4) is 0 Å². The topological polar surface area (TPSA) is 75.6 Å². The van der Waals surface area contributed by atoms with E-state index in [1.165, 1.54) is 4.90 Å². The first-order chi connectivity index (χ1) is 7.75. The van der Waals surface area contributed by atoms with Crippen LogP contribution in [0, 0.1) is 0 Å². The fourth-order valence-electron chi connectivity index (χ4n) is 2.16. The zero-order valence-corrected chi connectivity index (χ0v) is 11.0. The summed E-state index contributed by atoms with van der Waals surface area (Å²) in [4.78, 5) is 12.3. The summed E-state index contributed by atoms with van der Waals surface area (Å²) in [6.45, 7) is 7.39. The van der Waals surface area contributed by atoms with Gasteiger partial charge in [0, 0.05) is 12.1 Å². The quantitative estimate of drug-likeness (QED) is 0.728. The van der Waals surface area contributed by atoms with Crippen molar-refractivity contribution in [3.63, 3.8) is 0 Å². The predicted molar refractivity (Wildman–Crippen MR) is 63.5 cm³/mol. The molecule has 5 heteroatoms. The van der Waals surface area contributed by atoms with Crippen LogP contribution in [0.3, 0.4) is 0 Å². The summed E-state index contributed by atoms with van der Waals surface area (Å²) in [6, 6.07) is 0. The zero-order valence-electron chi connectivity index (χ0n) is 11.0. The second-order valence-corrected chi connectivity index (χ2v) is 5.81. The van der Waals surface area contributed by atoms with Gasteiger partial charge in [0.2, 0.25) is 0 Å². The van der Waals surface area contributed by atoms with Crippen LogP contribution in [0.2, 0.25) is 0 Å². The van der Waals surface area contributed by atoms with Crippen molar-refractivity contribution >= 4 is 6.09 Å². The van der Waals surface area contributed by atoms with E-state index in [2.05, 4.69) is 5.32 Å². The van der Waals surface area contributed by atoms with Crippen molar-refractivity contribution in [1.82, 2.24) is 10.2 Å². The highest BCUT2D eigenvalue weighted by Crippen LogP contribution is 2.24. The summed E-state index contributed by atoms with van der Waals surface area (Å²) in [5, 5.41) is 24.5. The summed E-state index contributed by atoms with van der Waals surface area (Å²) in [5.74, 6) is 0. The van der Waals surface area contributed by atoms with Crippen molar-refractivity contribution in [2.45, 2.75) is 51.2 Å². The molecular weight excluding hydrogens is 220 g/mol. The van der Waals surface area contributed by atoms with Gasteiger partial charge in [-0.2, -0.15) is 0 Å². The van der Waals surface area contributed by atoms with E-state index in [1.54, 1.807) is 0 Å². The van der Waals surface area contributed by atoms with Crippen molar-refractivity contribution in [2.75, 3.05) is 19.6 Å². The highest BCUT2D eigenvalue weighted by molar-refractivity contribution is 5.63. The van der Waals surface area contributed by atoms with E-state index >= 15 is 0 Å². The first-order valence-electron chi connectivity index (χ1n) is 6.16. The zero-order chi connectivity index (χ0) is 13.1. The van der Waals surface area contributed by atoms with Crippen molar-refractivity contribution in [2.24, 2.45) is 0 Å². The number of hydrogen-bond donors (Lipinski definition) is 2. The van der Waals surface area contributed by atoms with E-state index in [-0.39, 0.29) is 0 Å². The SMILES string of the molecule is CC(C)(C)N(CCC1(O)CCNCC1)C(=O)[O-]. The number of rotatable bonds is 3. The van der Waals surface area contributed by atoms with E-state index < -0.39 is 17.2 Å². The molecule has 2 N–H and O–H groups in total. The van der Waals surface area contributed by atoms with Gasteiger partial charge in [0.25, 0.3) is 0 Å². The van der Waals surface area contributed by atoms with Gasteiger partial charge in [0.1, 0.15) is 6.09 Å². The summed E-state index contributed by atoms with van der Waals surface area (Å²) in [5.41, 5.74) is -1.22. The predicted octanol–water partition coefficient (Wildman–Crippen LogP) is -0.0652. The normalized spacial score (nSPS) is 20.0. The minimum absolute atomic E-state index is 0.322. The number of piperidine rings is 1. The molecule has 0 aromatic heterocycles. The maximum atomic E-state index is 11.0. The Balaban J connectivity index is 2.54. The number of amides is 1. The Bertz CT molecular complexity index is 267. The number of carbonyl (C=O) groups is 1. The van der Waals surface area contributed by atoms with Gasteiger partial charge >= 0.3 is 0 Å². The largest absolute Gasteiger partial charge is 0.530 e. The molecule has 0 bridgehead atoms. The molecule has 0 aromatic carbocycles. The smallest absolute Gasteiger partial charge is 0.137 e. The lowest BCUT2D eigenvalue weighted by Gasteiger charge is -2.41. The Morgan fingerprint density at radius 3 is 2.35 bits per heavy atom. The molecule has 1 saturated heterocycles. The van der Waals surface area contributed by atoms with Gasteiger partial charge in [-0.15, -0.1) is 0 Å². The minimum Gasteiger partial charge on any atom is -0.530 e. The number of nitrogens with zero attached hydrogens (tertiary/aromatic N) is 1. The fraction of sp³-hybridized carbons (Fsp3) is 0.917. The molecule has 1 fully saturated rings. The molecule has 0 aromatic rings. The standard InChI is InChI=1S/C12H24N2O3/c1-11(2,3)14(10(15)16)9-6-12(17)4-7-13-8-5-12/h13,17H,4-9H2,1-3H3,(H,15,16)/p-1. The average molecular weight is 243 g/mol. The van der Waals surface area contributed by atoms with Crippen LogP contribution in [0.4, 0.5) is 4.79 Å². The Kier molecular flexibility index (Phi) is 4.38. The lowest BCUT2D eigenvalue weighted by atomic mass is 9.88.